The van der Waals surface area contributed by atoms with Crippen LogP contribution in [0.5, 0.6) is 11.5 Å². The molecule has 2 heterocycles. The van der Waals surface area contributed by atoms with E-state index in [0.29, 0.717) is 54.4 Å². The first-order valence-electron chi connectivity index (χ1n) is 15.2. The van der Waals surface area contributed by atoms with Crippen LogP contribution < -0.4 is 20.1 Å². The molecule has 2 N–H and O–H groups in total. The molecule has 2 fully saturated rings. The molecule has 234 valence electrons. The van der Waals surface area contributed by atoms with Gasteiger partial charge in [0.05, 0.1) is 31.0 Å². The van der Waals surface area contributed by atoms with Gasteiger partial charge in [0.25, 0.3) is 5.91 Å². The highest BCUT2D eigenvalue weighted by Crippen LogP contribution is 2.44. The molecule has 0 radical (unpaired) electrons. The van der Waals surface area contributed by atoms with Crippen LogP contribution in [0, 0.1) is 11.3 Å². The number of ether oxygens (including phenoxy) is 4. The van der Waals surface area contributed by atoms with Crippen LogP contribution in [0.15, 0.2) is 30.3 Å². The van der Waals surface area contributed by atoms with Crippen LogP contribution in [-0.4, -0.2) is 61.5 Å². The molecule has 11 heteroatoms. The molecule has 11 nitrogen and oxygen atoms in total. The number of nitrogens with zero attached hydrogens (tertiary/aromatic N) is 2. The summed E-state index contributed by atoms with van der Waals surface area (Å²) in [5.74, 6) is 0.757. The number of likely N-dealkylation sites (tertiary alicyclic amines) is 1. The monoisotopic (exact) mass is 604 g/mol. The van der Waals surface area contributed by atoms with Crippen molar-refractivity contribution in [1.29, 1.82) is 5.26 Å². The fraction of sp³-hybridized carbons (Fsp3) is 0.515. The highest BCUT2D eigenvalue weighted by atomic mass is 16.7. The van der Waals surface area contributed by atoms with E-state index in [9.17, 15) is 19.6 Å². The van der Waals surface area contributed by atoms with Gasteiger partial charge in [-0.3, -0.25) is 4.79 Å². The van der Waals surface area contributed by atoms with E-state index in [1.165, 1.54) is 7.11 Å². The van der Waals surface area contributed by atoms with Crippen molar-refractivity contribution in [3.63, 3.8) is 0 Å². The Morgan fingerprint density at radius 1 is 1.02 bits per heavy atom. The molecule has 1 aliphatic carbocycles. The van der Waals surface area contributed by atoms with Gasteiger partial charge in [0, 0.05) is 24.8 Å². The average Bonchev–Trinajstić information content (AvgIpc) is 3.55. The number of fused-ring (bicyclic) bond motifs is 1. The number of hydrogen-bond donors (Lipinski definition) is 2. The molecule has 2 aromatic rings. The molecule has 1 atom stereocenters. The predicted octanol–water partition coefficient (Wildman–Crippen LogP) is 6.29. The summed E-state index contributed by atoms with van der Waals surface area (Å²) >= 11 is 0. The summed E-state index contributed by atoms with van der Waals surface area (Å²) in [6.45, 7) is 6.80. The maximum atomic E-state index is 13.6. The van der Waals surface area contributed by atoms with Gasteiger partial charge in [-0.1, -0.05) is 12.8 Å². The van der Waals surface area contributed by atoms with Gasteiger partial charge in [0.2, 0.25) is 0 Å². The summed E-state index contributed by atoms with van der Waals surface area (Å²) in [5, 5.41) is 15.4. The first-order chi connectivity index (χ1) is 21.0. The lowest BCUT2D eigenvalue weighted by Crippen LogP contribution is -2.42. The molecule has 5 rings (SSSR count). The standard InChI is InChI=1S/C33H40N4O7/c1-33(2,3)44-31(39)37-13-11-22(12-14-37)23-16-24(21-7-5-6-8-21)28(43-32(40)41-4)17-25(23)36-30(38)29-19-35-26-15-20(18-34)9-10-27(26)42-29/h9-10,15-17,21-22,29,35H,5-8,11-14,19H2,1-4H3,(H,36,38). The summed E-state index contributed by atoms with van der Waals surface area (Å²) in [4.78, 5) is 40.3. The number of rotatable bonds is 5. The fourth-order valence-corrected chi connectivity index (χ4v) is 6.13. The number of piperidine rings is 1. The third-order valence-electron chi connectivity index (χ3n) is 8.33. The van der Waals surface area contributed by atoms with Gasteiger partial charge >= 0.3 is 12.2 Å². The number of methoxy groups -OCH3 is 1. The Labute approximate surface area is 257 Å². The van der Waals surface area contributed by atoms with E-state index >= 15 is 0 Å². The van der Waals surface area contributed by atoms with Gasteiger partial charge in [-0.2, -0.15) is 5.26 Å². The van der Waals surface area contributed by atoms with Crippen LogP contribution in [-0.2, 0) is 14.3 Å². The molecule has 1 unspecified atom stereocenters. The SMILES string of the molecule is COC(=O)Oc1cc(NC(=O)C2CNc3cc(C#N)ccc3O2)c(C2CCN(C(=O)OC(C)(C)C)CC2)cc1C1CCCC1. The zero-order chi connectivity index (χ0) is 31.4. The second-order valence-electron chi connectivity index (χ2n) is 12.6. The number of nitriles is 1. The van der Waals surface area contributed by atoms with Gasteiger partial charge in [0.1, 0.15) is 17.1 Å². The largest absolute Gasteiger partial charge is 0.513 e. The van der Waals surface area contributed by atoms with Crippen molar-refractivity contribution in [2.24, 2.45) is 0 Å². The molecule has 2 aliphatic heterocycles. The van der Waals surface area contributed by atoms with Crippen molar-refractivity contribution in [3.8, 4) is 17.6 Å². The Bertz CT molecular complexity index is 1450. The number of amides is 2. The zero-order valence-corrected chi connectivity index (χ0v) is 25.7. The third kappa shape index (κ3) is 7.18. The maximum absolute atomic E-state index is 13.6. The van der Waals surface area contributed by atoms with Crippen molar-refractivity contribution in [1.82, 2.24) is 4.90 Å². The Hall–Kier alpha value is -4.46. The molecule has 44 heavy (non-hydrogen) atoms. The van der Waals surface area contributed by atoms with Crippen LogP contribution in [0.25, 0.3) is 0 Å². The second kappa shape index (κ2) is 13.0. The summed E-state index contributed by atoms with van der Waals surface area (Å²) in [7, 11) is 1.26. The van der Waals surface area contributed by atoms with E-state index < -0.39 is 17.9 Å². The number of benzene rings is 2. The lowest BCUT2D eigenvalue weighted by Gasteiger charge is -2.35. The lowest BCUT2D eigenvalue weighted by molar-refractivity contribution is -0.122. The first-order valence-corrected chi connectivity index (χ1v) is 15.2. The number of nitrogens with one attached hydrogen (secondary N) is 2. The Morgan fingerprint density at radius 3 is 2.39 bits per heavy atom. The zero-order valence-electron chi connectivity index (χ0n) is 25.7. The molecular formula is C33H40N4O7. The second-order valence-corrected chi connectivity index (χ2v) is 12.6. The van der Waals surface area contributed by atoms with Crippen molar-refractivity contribution in [3.05, 3.63) is 47.0 Å². The molecule has 2 amide bonds. The molecule has 0 aromatic heterocycles. The van der Waals surface area contributed by atoms with Crippen LogP contribution in [0.4, 0.5) is 21.0 Å². The molecule has 2 aromatic carbocycles. The summed E-state index contributed by atoms with van der Waals surface area (Å²) < 4.78 is 22.0. The van der Waals surface area contributed by atoms with Crippen LogP contribution in [0.1, 0.15) is 87.8 Å². The average molecular weight is 605 g/mol. The highest BCUT2D eigenvalue weighted by Gasteiger charge is 2.33. The van der Waals surface area contributed by atoms with Crippen molar-refractivity contribution >= 4 is 29.5 Å². The topological polar surface area (TPSA) is 139 Å². The Morgan fingerprint density at radius 2 is 1.73 bits per heavy atom. The van der Waals surface area contributed by atoms with Gasteiger partial charge in [-0.15, -0.1) is 0 Å². The molecular weight excluding hydrogens is 564 g/mol. The Kier molecular flexibility index (Phi) is 9.18. The van der Waals surface area contributed by atoms with Crippen LogP contribution >= 0.6 is 0 Å². The molecule has 0 bridgehead atoms. The van der Waals surface area contributed by atoms with E-state index in [1.807, 2.05) is 20.8 Å². The minimum Gasteiger partial charge on any atom is -0.477 e. The van der Waals surface area contributed by atoms with E-state index in [2.05, 4.69) is 22.8 Å². The number of hydrogen-bond acceptors (Lipinski definition) is 9. The molecule has 1 saturated heterocycles. The highest BCUT2D eigenvalue weighted by molar-refractivity contribution is 5.96. The van der Waals surface area contributed by atoms with Crippen molar-refractivity contribution in [2.75, 3.05) is 37.4 Å². The van der Waals surface area contributed by atoms with Gasteiger partial charge in [0.15, 0.2) is 6.10 Å². The number of anilines is 2. The Balaban J connectivity index is 1.42. The predicted molar refractivity (Wildman–Crippen MR) is 163 cm³/mol. The van der Waals surface area contributed by atoms with E-state index in [4.69, 9.17) is 18.9 Å². The van der Waals surface area contributed by atoms with E-state index in [-0.39, 0.29) is 30.4 Å². The molecule has 0 spiro atoms. The first kappa shape index (κ1) is 31.0. The number of carbonyl (C=O) groups is 3. The van der Waals surface area contributed by atoms with Crippen LogP contribution in [0.3, 0.4) is 0 Å². The van der Waals surface area contributed by atoms with Gasteiger partial charge < -0.3 is 34.5 Å². The minimum absolute atomic E-state index is 0.0480. The summed E-state index contributed by atoms with van der Waals surface area (Å²) in [6.07, 6.45) is 3.51. The van der Waals surface area contributed by atoms with Crippen LogP contribution in [0.2, 0.25) is 0 Å². The van der Waals surface area contributed by atoms with Crippen molar-refractivity contribution in [2.45, 2.75) is 82.8 Å². The van der Waals surface area contributed by atoms with Crippen molar-refractivity contribution < 1.29 is 33.3 Å². The quantitative estimate of drug-likeness (QED) is 0.298. The van der Waals surface area contributed by atoms with Gasteiger partial charge in [-0.05, 0) is 93.7 Å². The van der Waals surface area contributed by atoms with E-state index in [1.54, 1.807) is 29.2 Å². The molecule has 3 aliphatic rings. The maximum Gasteiger partial charge on any atom is 0.513 e. The fourth-order valence-electron chi connectivity index (χ4n) is 6.13. The van der Waals surface area contributed by atoms with E-state index in [0.717, 1.165) is 36.8 Å². The minimum atomic E-state index is -0.836. The summed E-state index contributed by atoms with van der Waals surface area (Å²) in [6, 6.07) is 10.9. The third-order valence-corrected chi connectivity index (χ3v) is 8.33. The number of carbonyl (C=O) groups excluding carboxylic acids is 3. The summed E-state index contributed by atoms with van der Waals surface area (Å²) in [5.41, 5.74) is 2.95. The normalized spacial score (nSPS) is 18.7. The van der Waals surface area contributed by atoms with Gasteiger partial charge in [-0.25, -0.2) is 9.59 Å². The lowest BCUT2D eigenvalue weighted by atomic mass is 9.84. The molecule has 1 saturated carbocycles. The smallest absolute Gasteiger partial charge is 0.477 e.